The molecule has 1 aromatic carbocycles. The molecule has 0 radical (unpaired) electrons. The summed E-state index contributed by atoms with van der Waals surface area (Å²) in [4.78, 5) is 26.7. The number of nitrogens with zero attached hydrogens (tertiary/aromatic N) is 1. The Morgan fingerprint density at radius 1 is 1.08 bits per heavy atom. The van der Waals surface area contributed by atoms with Gasteiger partial charge in [-0.2, -0.15) is 0 Å². The van der Waals surface area contributed by atoms with Gasteiger partial charge < -0.3 is 15.5 Å². The summed E-state index contributed by atoms with van der Waals surface area (Å²) >= 11 is 0. The second-order valence-electron chi connectivity index (χ2n) is 8.59. The van der Waals surface area contributed by atoms with Gasteiger partial charge in [0.2, 0.25) is 0 Å². The van der Waals surface area contributed by atoms with E-state index in [0.717, 1.165) is 42.6 Å². The third-order valence-electron chi connectivity index (χ3n) is 4.84. The van der Waals surface area contributed by atoms with Crippen LogP contribution < -0.4 is 10.6 Å². The summed E-state index contributed by atoms with van der Waals surface area (Å²) < 4.78 is 0. The predicted molar refractivity (Wildman–Crippen MR) is 106 cm³/mol. The molecule has 2 rings (SSSR count). The summed E-state index contributed by atoms with van der Waals surface area (Å²) in [6, 6.07) is 4.11. The number of hydrogen-bond acceptors (Lipinski definition) is 2. The Morgan fingerprint density at radius 2 is 1.62 bits per heavy atom. The summed E-state index contributed by atoms with van der Waals surface area (Å²) in [6.07, 6.45) is 1.84. The molecule has 0 spiro atoms. The molecular formula is C21H33N3O2. The van der Waals surface area contributed by atoms with Crippen molar-refractivity contribution in [3.63, 3.8) is 0 Å². The lowest BCUT2D eigenvalue weighted by Gasteiger charge is -2.34. The second-order valence-corrected chi connectivity index (χ2v) is 8.59. The fourth-order valence-corrected chi connectivity index (χ4v) is 3.60. The van der Waals surface area contributed by atoms with Gasteiger partial charge in [-0.15, -0.1) is 0 Å². The normalized spacial score (nSPS) is 15.7. The number of amides is 3. The molecule has 144 valence electrons. The van der Waals surface area contributed by atoms with Gasteiger partial charge in [0.05, 0.1) is 0 Å². The van der Waals surface area contributed by atoms with Crippen LogP contribution in [-0.4, -0.2) is 42.0 Å². The summed E-state index contributed by atoms with van der Waals surface area (Å²) in [6.45, 7) is 14.1. The van der Waals surface area contributed by atoms with Gasteiger partial charge in [0.15, 0.2) is 0 Å². The average Bonchev–Trinajstić information content (AvgIpc) is 2.50. The first-order chi connectivity index (χ1) is 12.1. The van der Waals surface area contributed by atoms with E-state index in [4.69, 9.17) is 0 Å². The Kier molecular flexibility index (Phi) is 6.32. The van der Waals surface area contributed by atoms with E-state index in [1.165, 1.54) is 5.56 Å². The van der Waals surface area contributed by atoms with Crippen molar-refractivity contribution in [2.24, 2.45) is 5.92 Å². The molecule has 1 heterocycles. The fraction of sp³-hybridized carbons (Fsp3) is 0.619. The van der Waals surface area contributed by atoms with Crippen LogP contribution in [0.3, 0.4) is 0 Å². The lowest BCUT2D eigenvalue weighted by atomic mass is 9.96. The maximum Gasteiger partial charge on any atom is 0.317 e. The monoisotopic (exact) mass is 359 g/mol. The maximum absolute atomic E-state index is 12.6. The average molecular weight is 360 g/mol. The summed E-state index contributed by atoms with van der Waals surface area (Å²) in [7, 11) is 0. The van der Waals surface area contributed by atoms with Crippen LogP contribution in [0.15, 0.2) is 12.1 Å². The molecule has 5 nitrogen and oxygen atoms in total. The van der Waals surface area contributed by atoms with E-state index in [0.29, 0.717) is 12.5 Å². The minimum Gasteiger partial charge on any atom is -0.352 e. The van der Waals surface area contributed by atoms with E-state index < -0.39 is 0 Å². The molecule has 5 heteroatoms. The lowest BCUT2D eigenvalue weighted by molar-refractivity contribution is 0.0936. The van der Waals surface area contributed by atoms with Gasteiger partial charge >= 0.3 is 6.03 Å². The first-order valence-electron chi connectivity index (χ1n) is 9.50. The molecule has 0 saturated carbocycles. The molecule has 1 fully saturated rings. The topological polar surface area (TPSA) is 61.4 Å². The van der Waals surface area contributed by atoms with Crippen molar-refractivity contribution >= 4 is 11.9 Å². The molecule has 0 atom stereocenters. The van der Waals surface area contributed by atoms with Crippen LogP contribution in [0.25, 0.3) is 0 Å². The number of nitrogens with one attached hydrogen (secondary N) is 2. The number of rotatable bonds is 3. The number of piperidine rings is 1. The standard InChI is InChI=1S/C21H33N3O2/c1-14-11-15(2)18(16(3)12-14)19(25)22-13-17-7-9-24(10-8-17)20(26)23-21(4,5)6/h11-12,17H,7-10,13H2,1-6H3,(H,22,25)(H,23,26). The van der Waals surface area contributed by atoms with Crippen LogP contribution >= 0.6 is 0 Å². The molecule has 0 aliphatic carbocycles. The number of hydrogen-bond donors (Lipinski definition) is 2. The minimum atomic E-state index is -0.217. The number of urea groups is 1. The highest BCUT2D eigenvalue weighted by Crippen LogP contribution is 2.19. The molecule has 3 amide bonds. The summed E-state index contributed by atoms with van der Waals surface area (Å²) in [5.41, 5.74) is 3.79. The minimum absolute atomic E-state index is 0.00545. The van der Waals surface area contributed by atoms with Gasteiger partial charge in [-0.25, -0.2) is 4.79 Å². The molecule has 1 aliphatic heterocycles. The quantitative estimate of drug-likeness (QED) is 0.867. The van der Waals surface area contributed by atoms with Crippen LogP contribution in [0.2, 0.25) is 0 Å². The number of benzene rings is 1. The second kappa shape index (κ2) is 8.11. The van der Waals surface area contributed by atoms with Gasteiger partial charge in [0, 0.05) is 30.7 Å². The van der Waals surface area contributed by atoms with Crippen molar-refractivity contribution in [1.82, 2.24) is 15.5 Å². The zero-order valence-electron chi connectivity index (χ0n) is 17.0. The highest BCUT2D eigenvalue weighted by Gasteiger charge is 2.25. The highest BCUT2D eigenvalue weighted by atomic mass is 16.2. The molecule has 0 aromatic heterocycles. The largest absolute Gasteiger partial charge is 0.352 e. The Labute approximate surface area is 157 Å². The smallest absolute Gasteiger partial charge is 0.317 e. The van der Waals surface area contributed by atoms with Crippen LogP contribution in [0.5, 0.6) is 0 Å². The van der Waals surface area contributed by atoms with Crippen molar-refractivity contribution in [2.75, 3.05) is 19.6 Å². The first kappa shape index (κ1) is 20.3. The Balaban J connectivity index is 1.83. The third kappa shape index (κ3) is 5.48. The molecule has 0 unspecified atom stereocenters. The number of aryl methyl sites for hydroxylation is 3. The van der Waals surface area contributed by atoms with Crippen LogP contribution in [0.1, 0.15) is 60.7 Å². The van der Waals surface area contributed by atoms with Crippen LogP contribution in [-0.2, 0) is 0 Å². The molecule has 0 bridgehead atoms. The van der Waals surface area contributed by atoms with E-state index in [-0.39, 0.29) is 17.5 Å². The van der Waals surface area contributed by atoms with Crippen LogP contribution in [0, 0.1) is 26.7 Å². The van der Waals surface area contributed by atoms with Gasteiger partial charge in [-0.3, -0.25) is 4.79 Å². The highest BCUT2D eigenvalue weighted by molar-refractivity contribution is 5.97. The van der Waals surface area contributed by atoms with Gasteiger partial charge in [-0.05, 0) is 71.4 Å². The van der Waals surface area contributed by atoms with Crippen molar-refractivity contribution in [1.29, 1.82) is 0 Å². The van der Waals surface area contributed by atoms with Crippen molar-refractivity contribution < 1.29 is 9.59 Å². The van der Waals surface area contributed by atoms with Crippen LogP contribution in [0.4, 0.5) is 4.79 Å². The lowest BCUT2D eigenvalue weighted by Crippen LogP contribution is -2.51. The Morgan fingerprint density at radius 3 is 2.12 bits per heavy atom. The fourth-order valence-electron chi connectivity index (χ4n) is 3.60. The van der Waals surface area contributed by atoms with Gasteiger partial charge in [-0.1, -0.05) is 17.7 Å². The van der Waals surface area contributed by atoms with E-state index in [1.807, 2.05) is 58.6 Å². The molecule has 26 heavy (non-hydrogen) atoms. The van der Waals surface area contributed by atoms with E-state index in [2.05, 4.69) is 10.6 Å². The zero-order chi connectivity index (χ0) is 19.5. The molecule has 1 aliphatic rings. The predicted octanol–water partition coefficient (Wildman–Crippen LogP) is 3.56. The third-order valence-corrected chi connectivity index (χ3v) is 4.84. The van der Waals surface area contributed by atoms with E-state index >= 15 is 0 Å². The summed E-state index contributed by atoms with van der Waals surface area (Å²) in [5, 5.41) is 6.10. The Hall–Kier alpha value is -2.04. The maximum atomic E-state index is 12.6. The van der Waals surface area contributed by atoms with E-state index in [1.54, 1.807) is 0 Å². The number of carbonyl (C=O) groups excluding carboxylic acids is 2. The Bertz CT molecular complexity index is 645. The van der Waals surface area contributed by atoms with Gasteiger partial charge in [0.25, 0.3) is 5.91 Å². The SMILES string of the molecule is Cc1cc(C)c(C(=O)NCC2CCN(C(=O)NC(C)(C)C)CC2)c(C)c1. The van der Waals surface area contributed by atoms with Crippen molar-refractivity contribution in [2.45, 2.75) is 59.9 Å². The number of carbonyl (C=O) groups is 2. The van der Waals surface area contributed by atoms with Gasteiger partial charge in [0.1, 0.15) is 0 Å². The summed E-state index contributed by atoms with van der Waals surface area (Å²) in [5.74, 6) is 0.427. The molecule has 1 aromatic rings. The molecular weight excluding hydrogens is 326 g/mol. The van der Waals surface area contributed by atoms with E-state index in [9.17, 15) is 9.59 Å². The zero-order valence-corrected chi connectivity index (χ0v) is 17.0. The van der Waals surface area contributed by atoms with Crippen molar-refractivity contribution in [3.8, 4) is 0 Å². The first-order valence-corrected chi connectivity index (χ1v) is 9.50. The van der Waals surface area contributed by atoms with Crippen molar-refractivity contribution in [3.05, 3.63) is 34.4 Å². The molecule has 2 N–H and O–H groups in total. The number of likely N-dealkylation sites (tertiary alicyclic amines) is 1. The molecule has 1 saturated heterocycles.